The summed E-state index contributed by atoms with van der Waals surface area (Å²) >= 11 is 1.99. The molecule has 1 aromatic heterocycles. The van der Waals surface area contributed by atoms with Crippen molar-refractivity contribution in [2.45, 2.75) is 6.92 Å². The second-order valence-corrected chi connectivity index (χ2v) is 4.26. The number of H-pyrrole nitrogens is 1. The molecule has 0 aliphatic carbocycles. The number of likely N-dealkylation sites (N-methyl/N-ethyl adjacent to an activating group) is 1. The van der Waals surface area contributed by atoms with Crippen molar-refractivity contribution < 1.29 is 0 Å². The molecule has 0 radical (unpaired) electrons. The SMILES string of the molecule is C=C(C)CN(C)c1nc[nH]c(=O)c1I. The molecule has 0 bridgehead atoms. The Balaban J connectivity index is 3.01. The van der Waals surface area contributed by atoms with Gasteiger partial charge in [0.25, 0.3) is 5.56 Å². The van der Waals surface area contributed by atoms with E-state index in [1.807, 2.05) is 41.5 Å². The zero-order chi connectivity index (χ0) is 10.7. The molecule has 4 nitrogen and oxygen atoms in total. The molecule has 0 aliphatic heterocycles. The Labute approximate surface area is 96.2 Å². The van der Waals surface area contributed by atoms with Crippen LogP contribution in [0.5, 0.6) is 0 Å². The zero-order valence-electron chi connectivity index (χ0n) is 8.17. The first-order valence-electron chi connectivity index (χ1n) is 4.11. The molecule has 5 heteroatoms. The first kappa shape index (κ1) is 11.2. The van der Waals surface area contributed by atoms with Crippen LogP contribution in [-0.4, -0.2) is 23.6 Å². The largest absolute Gasteiger partial charge is 0.355 e. The van der Waals surface area contributed by atoms with Crippen molar-refractivity contribution >= 4 is 28.4 Å². The standard InChI is InChI=1S/C9H12IN3O/c1-6(2)4-13(3)8-7(10)9(14)12-5-11-8/h5H,1,4H2,2-3H3,(H,11,12,14). The van der Waals surface area contributed by atoms with E-state index in [-0.39, 0.29) is 5.56 Å². The van der Waals surface area contributed by atoms with Crippen LogP contribution in [0.25, 0.3) is 0 Å². The van der Waals surface area contributed by atoms with Gasteiger partial charge in [0.1, 0.15) is 9.39 Å². The highest BCUT2D eigenvalue weighted by molar-refractivity contribution is 14.1. The normalized spacial score (nSPS) is 9.93. The average molecular weight is 305 g/mol. The van der Waals surface area contributed by atoms with E-state index in [0.717, 1.165) is 5.57 Å². The zero-order valence-corrected chi connectivity index (χ0v) is 10.3. The molecule has 0 amide bonds. The Morgan fingerprint density at radius 2 is 2.43 bits per heavy atom. The van der Waals surface area contributed by atoms with Gasteiger partial charge in [0, 0.05) is 13.6 Å². The maximum atomic E-state index is 11.3. The number of hydrogen-bond acceptors (Lipinski definition) is 3. The highest BCUT2D eigenvalue weighted by atomic mass is 127. The lowest BCUT2D eigenvalue weighted by atomic mass is 10.3. The molecule has 0 unspecified atom stereocenters. The molecule has 0 aliphatic rings. The van der Waals surface area contributed by atoms with E-state index in [0.29, 0.717) is 15.9 Å². The maximum absolute atomic E-state index is 11.3. The van der Waals surface area contributed by atoms with Crippen LogP contribution in [-0.2, 0) is 0 Å². The van der Waals surface area contributed by atoms with Gasteiger partial charge in [-0.15, -0.1) is 0 Å². The number of anilines is 1. The smallest absolute Gasteiger partial charge is 0.266 e. The van der Waals surface area contributed by atoms with Crippen molar-refractivity contribution in [2.24, 2.45) is 0 Å². The van der Waals surface area contributed by atoms with Gasteiger partial charge in [-0.1, -0.05) is 12.2 Å². The van der Waals surface area contributed by atoms with Crippen LogP contribution in [0.15, 0.2) is 23.3 Å². The molecule has 0 saturated heterocycles. The van der Waals surface area contributed by atoms with Gasteiger partial charge in [-0.25, -0.2) is 4.98 Å². The van der Waals surface area contributed by atoms with Gasteiger partial charge in [-0.2, -0.15) is 0 Å². The van der Waals surface area contributed by atoms with Crippen LogP contribution in [0.3, 0.4) is 0 Å². The monoisotopic (exact) mass is 305 g/mol. The third kappa shape index (κ3) is 2.57. The molecule has 0 fully saturated rings. The minimum absolute atomic E-state index is 0.107. The number of nitrogens with zero attached hydrogens (tertiary/aromatic N) is 2. The summed E-state index contributed by atoms with van der Waals surface area (Å²) in [6.07, 6.45) is 1.41. The predicted molar refractivity (Wildman–Crippen MR) is 65.7 cm³/mol. The number of halogens is 1. The highest BCUT2D eigenvalue weighted by Gasteiger charge is 2.09. The molecular formula is C9H12IN3O. The first-order chi connectivity index (χ1) is 6.52. The fourth-order valence-corrected chi connectivity index (χ4v) is 1.83. The summed E-state index contributed by atoms with van der Waals surface area (Å²) in [6.45, 7) is 6.46. The predicted octanol–water partition coefficient (Wildman–Crippen LogP) is 1.39. The van der Waals surface area contributed by atoms with Crippen LogP contribution in [0.1, 0.15) is 6.92 Å². The molecular weight excluding hydrogens is 293 g/mol. The molecule has 1 rings (SSSR count). The number of rotatable bonds is 3. The Bertz CT molecular complexity index is 399. The van der Waals surface area contributed by atoms with Crippen LogP contribution in [0.2, 0.25) is 0 Å². The number of hydrogen-bond donors (Lipinski definition) is 1. The molecule has 1 heterocycles. The number of aromatic nitrogens is 2. The van der Waals surface area contributed by atoms with Crippen molar-refractivity contribution in [3.05, 3.63) is 32.4 Å². The Hall–Kier alpha value is -0.850. The minimum atomic E-state index is -0.107. The van der Waals surface area contributed by atoms with E-state index in [4.69, 9.17) is 0 Å². The second kappa shape index (κ2) is 4.59. The quantitative estimate of drug-likeness (QED) is 0.678. The summed E-state index contributed by atoms with van der Waals surface area (Å²) in [5.41, 5.74) is 0.926. The van der Waals surface area contributed by atoms with E-state index in [9.17, 15) is 4.79 Å². The van der Waals surface area contributed by atoms with Crippen LogP contribution < -0.4 is 10.5 Å². The van der Waals surface area contributed by atoms with Crippen LogP contribution in [0.4, 0.5) is 5.82 Å². The summed E-state index contributed by atoms with van der Waals surface area (Å²) in [6, 6.07) is 0. The molecule has 14 heavy (non-hydrogen) atoms. The number of aromatic amines is 1. The minimum Gasteiger partial charge on any atom is -0.355 e. The molecule has 0 aromatic carbocycles. The molecule has 0 saturated carbocycles. The lowest BCUT2D eigenvalue weighted by molar-refractivity contribution is 0.928. The molecule has 1 N–H and O–H groups in total. The molecule has 0 atom stereocenters. The second-order valence-electron chi connectivity index (χ2n) is 3.18. The molecule has 1 aromatic rings. The Kier molecular flexibility index (Phi) is 3.68. The molecule has 76 valence electrons. The summed E-state index contributed by atoms with van der Waals surface area (Å²) < 4.78 is 0.605. The van der Waals surface area contributed by atoms with Gasteiger partial charge in [0.15, 0.2) is 0 Å². The fourth-order valence-electron chi connectivity index (χ4n) is 1.12. The lowest BCUT2D eigenvalue weighted by Gasteiger charge is -2.18. The van der Waals surface area contributed by atoms with Crippen molar-refractivity contribution in [1.82, 2.24) is 9.97 Å². The Morgan fingerprint density at radius 3 is 3.00 bits per heavy atom. The van der Waals surface area contributed by atoms with Gasteiger partial charge in [-0.3, -0.25) is 4.79 Å². The van der Waals surface area contributed by atoms with Crippen LogP contribution >= 0.6 is 22.6 Å². The fraction of sp³-hybridized carbons (Fsp3) is 0.333. The van der Waals surface area contributed by atoms with Gasteiger partial charge >= 0.3 is 0 Å². The van der Waals surface area contributed by atoms with E-state index in [2.05, 4.69) is 16.5 Å². The van der Waals surface area contributed by atoms with Gasteiger partial charge in [0.2, 0.25) is 0 Å². The number of nitrogens with one attached hydrogen (secondary N) is 1. The van der Waals surface area contributed by atoms with Gasteiger partial charge in [0.05, 0.1) is 6.33 Å². The van der Waals surface area contributed by atoms with E-state index < -0.39 is 0 Å². The summed E-state index contributed by atoms with van der Waals surface area (Å²) in [5.74, 6) is 0.692. The third-order valence-electron chi connectivity index (χ3n) is 1.65. The topological polar surface area (TPSA) is 49.0 Å². The van der Waals surface area contributed by atoms with Crippen molar-refractivity contribution in [3.8, 4) is 0 Å². The van der Waals surface area contributed by atoms with Gasteiger partial charge < -0.3 is 9.88 Å². The Morgan fingerprint density at radius 1 is 1.79 bits per heavy atom. The van der Waals surface area contributed by atoms with Crippen LogP contribution in [0, 0.1) is 3.57 Å². The van der Waals surface area contributed by atoms with Gasteiger partial charge in [-0.05, 0) is 29.5 Å². The average Bonchev–Trinajstić information content (AvgIpc) is 2.08. The van der Waals surface area contributed by atoms with Crippen molar-refractivity contribution in [3.63, 3.8) is 0 Å². The first-order valence-corrected chi connectivity index (χ1v) is 5.19. The summed E-state index contributed by atoms with van der Waals surface area (Å²) in [4.78, 5) is 19.8. The summed E-state index contributed by atoms with van der Waals surface area (Å²) in [5, 5.41) is 0. The molecule has 0 spiro atoms. The third-order valence-corrected chi connectivity index (χ3v) is 2.62. The van der Waals surface area contributed by atoms with E-state index in [1.54, 1.807) is 0 Å². The highest BCUT2D eigenvalue weighted by Crippen LogP contribution is 2.14. The lowest BCUT2D eigenvalue weighted by Crippen LogP contribution is -2.25. The van der Waals surface area contributed by atoms with Crippen molar-refractivity contribution in [1.29, 1.82) is 0 Å². The van der Waals surface area contributed by atoms with E-state index in [1.165, 1.54) is 6.33 Å². The maximum Gasteiger partial charge on any atom is 0.266 e. The summed E-state index contributed by atoms with van der Waals surface area (Å²) in [7, 11) is 1.89. The van der Waals surface area contributed by atoms with Crippen molar-refractivity contribution in [2.75, 3.05) is 18.5 Å². The van der Waals surface area contributed by atoms with E-state index >= 15 is 0 Å².